The zero-order valence-electron chi connectivity index (χ0n) is 27.9. The predicted octanol–water partition coefficient (Wildman–Crippen LogP) is 11.3. The van der Waals surface area contributed by atoms with Gasteiger partial charge in [-0.25, -0.2) is 0 Å². The van der Waals surface area contributed by atoms with Crippen LogP contribution in [0.25, 0.3) is 11.3 Å². The van der Waals surface area contributed by atoms with Crippen LogP contribution in [-0.2, 0) is 6.42 Å². The number of nitrogens with one attached hydrogen (secondary N) is 1. The van der Waals surface area contributed by atoms with Crippen LogP contribution in [0.15, 0.2) is 139 Å². The number of aryl methyl sites for hydroxylation is 1. The van der Waals surface area contributed by atoms with E-state index in [0.29, 0.717) is 11.3 Å². The fourth-order valence-corrected chi connectivity index (χ4v) is 7.24. The molecular weight excluding hydrogens is 556 g/mol. The van der Waals surface area contributed by atoms with Crippen molar-refractivity contribution in [2.45, 2.75) is 71.8 Å². The van der Waals surface area contributed by atoms with Gasteiger partial charge in [0.2, 0.25) is 0 Å². The highest BCUT2D eigenvalue weighted by Crippen LogP contribution is 2.43. The van der Waals surface area contributed by atoms with Crippen LogP contribution in [0.1, 0.15) is 91.8 Å². The van der Waals surface area contributed by atoms with Crippen molar-refractivity contribution in [2.75, 3.05) is 5.32 Å². The van der Waals surface area contributed by atoms with Crippen LogP contribution in [0, 0.1) is 12.3 Å². The maximum Gasteiger partial charge on any atom is 0.0495 e. The molecule has 46 heavy (non-hydrogen) atoms. The standard InChI is InChI=1S/C44H48N2/c1-31(30-44(4)25-14-26-44)27-38-21-13-22-39(41(45)29-40(35-17-7-5-8-18-35)36-19-9-6-10-20-36)43(38)33(3)46-42-28-37(24-23-32(42)2)34-15-11-12-16-34/h5-13,15-19,21-24,28-30,33-34,46H,14,20,25-27,45H2,1-4H3/b31-30+,40-36+,41-29-. The van der Waals surface area contributed by atoms with E-state index in [2.05, 4.69) is 161 Å². The topological polar surface area (TPSA) is 38.0 Å². The number of hydrogen-bond donors (Lipinski definition) is 2. The highest BCUT2D eigenvalue weighted by Gasteiger charge is 2.29. The van der Waals surface area contributed by atoms with Gasteiger partial charge in [0.15, 0.2) is 0 Å². The lowest BCUT2D eigenvalue weighted by atomic mass is 9.69. The minimum absolute atomic E-state index is 0.0409. The van der Waals surface area contributed by atoms with E-state index in [1.54, 1.807) is 0 Å². The van der Waals surface area contributed by atoms with Gasteiger partial charge in [0.25, 0.3) is 0 Å². The van der Waals surface area contributed by atoms with E-state index in [0.717, 1.165) is 24.1 Å². The van der Waals surface area contributed by atoms with Gasteiger partial charge >= 0.3 is 0 Å². The number of nitrogens with two attached hydrogens (primary N) is 1. The van der Waals surface area contributed by atoms with Crippen molar-refractivity contribution in [1.82, 2.24) is 0 Å². The summed E-state index contributed by atoms with van der Waals surface area (Å²) in [6, 6.07) is 24.2. The molecule has 1 unspecified atom stereocenters. The fourth-order valence-electron chi connectivity index (χ4n) is 7.24. The van der Waals surface area contributed by atoms with Gasteiger partial charge < -0.3 is 11.1 Å². The first kappa shape index (κ1) is 31.4. The molecule has 234 valence electrons. The second kappa shape index (κ2) is 13.8. The van der Waals surface area contributed by atoms with Crippen molar-refractivity contribution in [3.05, 3.63) is 172 Å². The highest BCUT2D eigenvalue weighted by atomic mass is 14.9. The van der Waals surface area contributed by atoms with Crippen molar-refractivity contribution in [2.24, 2.45) is 11.1 Å². The Kier molecular flexibility index (Phi) is 9.45. The first-order chi connectivity index (χ1) is 22.3. The maximum atomic E-state index is 7.17. The van der Waals surface area contributed by atoms with E-state index in [1.807, 2.05) is 0 Å². The smallest absolute Gasteiger partial charge is 0.0495 e. The molecule has 0 aliphatic heterocycles. The van der Waals surface area contributed by atoms with Crippen molar-refractivity contribution < 1.29 is 0 Å². The lowest BCUT2D eigenvalue weighted by molar-refractivity contribution is 0.232. The molecule has 3 N–H and O–H groups in total. The van der Waals surface area contributed by atoms with Crippen LogP contribution in [-0.4, -0.2) is 0 Å². The second-order valence-corrected chi connectivity index (χ2v) is 13.7. The summed E-state index contributed by atoms with van der Waals surface area (Å²) in [5.41, 5.74) is 20.8. The zero-order chi connectivity index (χ0) is 32.1. The molecule has 0 amide bonds. The summed E-state index contributed by atoms with van der Waals surface area (Å²) in [5, 5.41) is 3.94. The molecule has 0 spiro atoms. The van der Waals surface area contributed by atoms with Crippen LogP contribution in [0.4, 0.5) is 5.69 Å². The van der Waals surface area contributed by atoms with Gasteiger partial charge in [-0.1, -0.05) is 134 Å². The number of rotatable bonds is 10. The predicted molar refractivity (Wildman–Crippen MR) is 199 cm³/mol. The second-order valence-electron chi connectivity index (χ2n) is 13.7. The minimum atomic E-state index is 0.0409. The van der Waals surface area contributed by atoms with E-state index < -0.39 is 0 Å². The first-order valence-electron chi connectivity index (χ1n) is 16.9. The number of anilines is 1. The Bertz CT molecular complexity index is 1770. The Hall–Kier alpha value is -4.56. The molecule has 6 rings (SSSR count). The quantitative estimate of drug-likeness (QED) is 0.226. The van der Waals surface area contributed by atoms with Gasteiger partial charge in [-0.05, 0) is 103 Å². The summed E-state index contributed by atoms with van der Waals surface area (Å²) in [4.78, 5) is 0. The largest absolute Gasteiger partial charge is 0.398 e. The molecule has 3 aromatic rings. The lowest BCUT2D eigenvalue weighted by Gasteiger charge is -2.36. The molecule has 1 saturated carbocycles. The summed E-state index contributed by atoms with van der Waals surface area (Å²) in [6.07, 6.45) is 27.9. The van der Waals surface area contributed by atoms with Crippen molar-refractivity contribution in [3.8, 4) is 0 Å². The van der Waals surface area contributed by atoms with Gasteiger partial charge in [-0.2, -0.15) is 0 Å². The zero-order valence-corrected chi connectivity index (χ0v) is 27.9. The van der Waals surface area contributed by atoms with Crippen LogP contribution in [0.2, 0.25) is 0 Å². The van der Waals surface area contributed by atoms with E-state index in [-0.39, 0.29) is 6.04 Å². The van der Waals surface area contributed by atoms with E-state index >= 15 is 0 Å². The van der Waals surface area contributed by atoms with Crippen molar-refractivity contribution >= 4 is 17.0 Å². The Morgan fingerprint density at radius 2 is 1.76 bits per heavy atom. The average molecular weight is 605 g/mol. The van der Waals surface area contributed by atoms with Gasteiger partial charge in [-0.15, -0.1) is 0 Å². The monoisotopic (exact) mass is 604 g/mol. The minimum Gasteiger partial charge on any atom is -0.398 e. The molecule has 3 aliphatic rings. The number of allylic oxidation sites excluding steroid dienone is 13. The van der Waals surface area contributed by atoms with Gasteiger partial charge in [0.05, 0.1) is 0 Å². The van der Waals surface area contributed by atoms with E-state index in [9.17, 15) is 0 Å². The molecule has 0 bridgehead atoms. The van der Waals surface area contributed by atoms with Crippen LogP contribution in [0.5, 0.6) is 0 Å². The summed E-state index contributed by atoms with van der Waals surface area (Å²) < 4.78 is 0. The van der Waals surface area contributed by atoms with Crippen LogP contribution < -0.4 is 11.1 Å². The molecule has 0 radical (unpaired) electrons. The van der Waals surface area contributed by atoms with Gasteiger partial charge in [-0.3, -0.25) is 0 Å². The Morgan fingerprint density at radius 1 is 0.978 bits per heavy atom. The number of hydrogen-bond acceptors (Lipinski definition) is 2. The molecule has 1 fully saturated rings. The lowest BCUT2D eigenvalue weighted by Crippen LogP contribution is -2.23. The Balaban J connectivity index is 1.42. The summed E-state index contributed by atoms with van der Waals surface area (Å²) in [5.74, 6) is 0.326. The molecule has 2 heteroatoms. The molecule has 0 heterocycles. The van der Waals surface area contributed by atoms with Gasteiger partial charge in [0, 0.05) is 28.9 Å². The first-order valence-corrected chi connectivity index (χ1v) is 16.9. The molecule has 0 aromatic heterocycles. The highest BCUT2D eigenvalue weighted by molar-refractivity contribution is 5.87. The summed E-state index contributed by atoms with van der Waals surface area (Å²) in [7, 11) is 0. The SMILES string of the molecule is C/C(=C\C1(C)CCC1)Cc1cccc(/C(N)=C/C(=C2/C=CC=CC2)c2ccccc2)c1C(C)Nc1cc(C2C=CC=C2)ccc1C. The Labute approximate surface area is 276 Å². The summed E-state index contributed by atoms with van der Waals surface area (Å²) >= 11 is 0. The van der Waals surface area contributed by atoms with E-state index in [4.69, 9.17) is 5.73 Å². The van der Waals surface area contributed by atoms with Crippen molar-refractivity contribution in [3.63, 3.8) is 0 Å². The fraction of sp³-hybridized carbons (Fsp3) is 0.273. The molecule has 1 atom stereocenters. The maximum absolute atomic E-state index is 7.17. The third kappa shape index (κ3) is 7.12. The number of benzene rings is 3. The van der Waals surface area contributed by atoms with Crippen LogP contribution >= 0.6 is 0 Å². The average Bonchev–Trinajstić information content (AvgIpc) is 3.60. The molecule has 3 aliphatic carbocycles. The normalized spacial score (nSPS) is 19.3. The summed E-state index contributed by atoms with van der Waals surface area (Å²) in [6.45, 7) is 9.18. The van der Waals surface area contributed by atoms with E-state index in [1.165, 1.54) is 69.5 Å². The molecule has 3 aromatic carbocycles. The molecule has 2 nitrogen and oxygen atoms in total. The van der Waals surface area contributed by atoms with Gasteiger partial charge in [0.1, 0.15) is 0 Å². The third-order valence-electron chi connectivity index (χ3n) is 9.88. The van der Waals surface area contributed by atoms with Crippen LogP contribution in [0.3, 0.4) is 0 Å². The molecular formula is C44H48N2. The third-order valence-corrected chi connectivity index (χ3v) is 9.88. The Morgan fingerprint density at radius 3 is 2.46 bits per heavy atom. The van der Waals surface area contributed by atoms with Crippen molar-refractivity contribution in [1.29, 1.82) is 0 Å². The molecule has 0 saturated heterocycles.